The molecule has 0 fully saturated rings. The highest BCUT2D eigenvalue weighted by molar-refractivity contribution is 5.96. The first-order chi connectivity index (χ1) is 13.3. The van der Waals surface area contributed by atoms with Crippen molar-refractivity contribution in [1.82, 2.24) is 10.9 Å². The fourth-order valence-electron chi connectivity index (χ4n) is 2.00. The Hall–Kier alpha value is -4.01. The standard InChI is InChI=1S/C19H17N3O6/c1-13-2-4-14(5-3-13)6-11-18(24)28-12-17(23)20-21-19(25)15-7-9-16(10-8-15)22(26)27/h2-11H,12H2,1H3,(H,20,23)(H,21,25)/b11-6+. The second kappa shape index (κ2) is 9.62. The largest absolute Gasteiger partial charge is 0.452 e. The van der Waals surface area contributed by atoms with E-state index in [-0.39, 0.29) is 11.3 Å². The van der Waals surface area contributed by atoms with E-state index >= 15 is 0 Å². The van der Waals surface area contributed by atoms with Gasteiger partial charge < -0.3 is 4.74 Å². The zero-order valence-corrected chi connectivity index (χ0v) is 14.9. The van der Waals surface area contributed by atoms with Crippen molar-refractivity contribution in [3.63, 3.8) is 0 Å². The van der Waals surface area contributed by atoms with Gasteiger partial charge in [0.05, 0.1) is 4.92 Å². The first kappa shape index (κ1) is 20.3. The van der Waals surface area contributed by atoms with E-state index in [1.165, 1.54) is 30.3 Å². The van der Waals surface area contributed by atoms with Crippen LogP contribution in [0.5, 0.6) is 0 Å². The number of aryl methyl sites for hydroxylation is 1. The minimum atomic E-state index is -0.743. The molecule has 0 aliphatic rings. The molecule has 0 saturated carbocycles. The van der Waals surface area contributed by atoms with Gasteiger partial charge in [0.1, 0.15) is 0 Å². The van der Waals surface area contributed by atoms with Gasteiger partial charge in [0, 0.05) is 23.8 Å². The Balaban J connectivity index is 1.74. The van der Waals surface area contributed by atoms with Crippen LogP contribution in [0.3, 0.4) is 0 Å². The van der Waals surface area contributed by atoms with Gasteiger partial charge >= 0.3 is 5.97 Å². The third-order valence-electron chi connectivity index (χ3n) is 3.49. The Morgan fingerprint density at radius 3 is 2.29 bits per heavy atom. The number of nitrogens with zero attached hydrogens (tertiary/aromatic N) is 1. The van der Waals surface area contributed by atoms with Gasteiger partial charge in [0.25, 0.3) is 17.5 Å². The Labute approximate surface area is 160 Å². The molecule has 2 aromatic rings. The predicted molar refractivity (Wildman–Crippen MR) is 99.9 cm³/mol. The number of carbonyl (C=O) groups excluding carboxylic acids is 3. The van der Waals surface area contributed by atoms with E-state index in [9.17, 15) is 24.5 Å². The van der Waals surface area contributed by atoms with E-state index in [0.29, 0.717) is 0 Å². The van der Waals surface area contributed by atoms with Crippen molar-refractivity contribution in [2.75, 3.05) is 6.61 Å². The topological polar surface area (TPSA) is 128 Å². The van der Waals surface area contributed by atoms with E-state index in [4.69, 9.17) is 4.74 Å². The molecule has 0 atom stereocenters. The van der Waals surface area contributed by atoms with Crippen LogP contribution in [0.1, 0.15) is 21.5 Å². The molecule has 0 spiro atoms. The average Bonchev–Trinajstić information content (AvgIpc) is 2.70. The molecule has 2 rings (SSSR count). The van der Waals surface area contributed by atoms with Gasteiger partial charge in [0.2, 0.25) is 0 Å². The van der Waals surface area contributed by atoms with Crippen LogP contribution in [0.25, 0.3) is 6.08 Å². The first-order valence-electron chi connectivity index (χ1n) is 8.10. The van der Waals surface area contributed by atoms with Gasteiger partial charge in [-0.05, 0) is 30.7 Å². The molecule has 0 aliphatic carbocycles. The van der Waals surface area contributed by atoms with Crippen LogP contribution >= 0.6 is 0 Å². The molecule has 2 amide bonds. The minimum Gasteiger partial charge on any atom is -0.452 e. The number of esters is 1. The highest BCUT2D eigenvalue weighted by Gasteiger charge is 2.11. The monoisotopic (exact) mass is 383 g/mol. The van der Waals surface area contributed by atoms with Crippen molar-refractivity contribution in [2.24, 2.45) is 0 Å². The van der Waals surface area contributed by atoms with E-state index in [1.807, 2.05) is 31.2 Å². The molecule has 0 bridgehead atoms. The molecule has 144 valence electrons. The van der Waals surface area contributed by atoms with Gasteiger partial charge in [-0.15, -0.1) is 0 Å². The van der Waals surface area contributed by atoms with Crippen LogP contribution in [-0.4, -0.2) is 29.3 Å². The highest BCUT2D eigenvalue weighted by Crippen LogP contribution is 2.11. The summed E-state index contributed by atoms with van der Waals surface area (Å²) in [5.41, 5.74) is 6.05. The van der Waals surface area contributed by atoms with E-state index in [1.54, 1.807) is 6.08 Å². The van der Waals surface area contributed by atoms with Crippen molar-refractivity contribution in [1.29, 1.82) is 0 Å². The van der Waals surface area contributed by atoms with Crippen LogP contribution in [0, 0.1) is 17.0 Å². The molecule has 0 aliphatic heterocycles. The van der Waals surface area contributed by atoms with Gasteiger partial charge in [-0.3, -0.25) is 30.6 Å². The van der Waals surface area contributed by atoms with Gasteiger partial charge in [0.15, 0.2) is 6.61 Å². The summed E-state index contributed by atoms with van der Waals surface area (Å²) in [6.45, 7) is 1.36. The first-order valence-corrected chi connectivity index (χ1v) is 8.10. The average molecular weight is 383 g/mol. The summed E-state index contributed by atoms with van der Waals surface area (Å²) < 4.78 is 4.77. The molecule has 0 aromatic heterocycles. The number of hydrazine groups is 1. The third-order valence-corrected chi connectivity index (χ3v) is 3.49. The number of hydrogen-bond donors (Lipinski definition) is 2. The lowest BCUT2D eigenvalue weighted by Crippen LogP contribution is -2.43. The molecule has 28 heavy (non-hydrogen) atoms. The molecule has 0 unspecified atom stereocenters. The maximum absolute atomic E-state index is 11.8. The number of amides is 2. The van der Waals surface area contributed by atoms with Crippen molar-refractivity contribution >= 4 is 29.5 Å². The summed E-state index contributed by atoms with van der Waals surface area (Å²) in [4.78, 5) is 45.0. The SMILES string of the molecule is Cc1ccc(/C=C/C(=O)OCC(=O)NNC(=O)c2ccc([N+](=O)[O-])cc2)cc1. The Morgan fingerprint density at radius 1 is 1.04 bits per heavy atom. The third kappa shape index (κ3) is 6.37. The summed E-state index contributed by atoms with van der Waals surface area (Å²) in [6, 6.07) is 12.3. The lowest BCUT2D eigenvalue weighted by atomic mass is 10.1. The summed E-state index contributed by atoms with van der Waals surface area (Å²) in [6.07, 6.45) is 2.74. The van der Waals surface area contributed by atoms with Crippen LogP contribution in [0.15, 0.2) is 54.6 Å². The molecule has 2 aromatic carbocycles. The number of nitrogens with one attached hydrogen (secondary N) is 2. The summed E-state index contributed by atoms with van der Waals surface area (Å²) in [7, 11) is 0. The maximum Gasteiger partial charge on any atom is 0.331 e. The second-order valence-electron chi connectivity index (χ2n) is 5.66. The number of carbonyl (C=O) groups is 3. The van der Waals surface area contributed by atoms with Crippen molar-refractivity contribution in [2.45, 2.75) is 6.92 Å². The molecule has 9 nitrogen and oxygen atoms in total. The molecule has 0 radical (unpaired) electrons. The molecular formula is C19H17N3O6. The molecule has 9 heteroatoms. The Morgan fingerprint density at radius 2 is 1.68 bits per heavy atom. The van der Waals surface area contributed by atoms with Crippen LogP contribution in [0.4, 0.5) is 5.69 Å². The highest BCUT2D eigenvalue weighted by atomic mass is 16.6. The summed E-state index contributed by atoms with van der Waals surface area (Å²) in [5.74, 6) is -2.13. The van der Waals surface area contributed by atoms with Crippen molar-refractivity contribution in [3.8, 4) is 0 Å². The lowest BCUT2D eigenvalue weighted by Gasteiger charge is -2.07. The van der Waals surface area contributed by atoms with Gasteiger partial charge in [-0.2, -0.15) is 0 Å². The quantitative estimate of drug-likeness (QED) is 0.339. The van der Waals surface area contributed by atoms with Gasteiger partial charge in [-0.25, -0.2) is 4.79 Å². The molecule has 0 heterocycles. The summed E-state index contributed by atoms with van der Waals surface area (Å²) in [5, 5.41) is 10.6. The normalized spacial score (nSPS) is 10.3. The maximum atomic E-state index is 11.8. The Kier molecular flexibility index (Phi) is 6.98. The van der Waals surface area contributed by atoms with Crippen LogP contribution in [-0.2, 0) is 14.3 Å². The fourth-order valence-corrected chi connectivity index (χ4v) is 2.00. The predicted octanol–water partition coefficient (Wildman–Crippen LogP) is 1.92. The number of benzene rings is 2. The number of nitro benzene ring substituents is 1. The lowest BCUT2D eigenvalue weighted by molar-refractivity contribution is -0.384. The van der Waals surface area contributed by atoms with E-state index < -0.39 is 29.3 Å². The molecule has 2 N–H and O–H groups in total. The van der Waals surface area contributed by atoms with E-state index in [2.05, 4.69) is 10.9 Å². The number of ether oxygens (including phenoxy) is 1. The van der Waals surface area contributed by atoms with Crippen molar-refractivity contribution < 1.29 is 24.0 Å². The fraction of sp³-hybridized carbons (Fsp3) is 0.105. The number of nitro groups is 1. The van der Waals surface area contributed by atoms with Crippen molar-refractivity contribution in [3.05, 3.63) is 81.4 Å². The van der Waals surface area contributed by atoms with Crippen LogP contribution in [0.2, 0.25) is 0 Å². The number of non-ortho nitro benzene ring substituents is 1. The molecule has 0 saturated heterocycles. The zero-order chi connectivity index (χ0) is 20.5. The summed E-state index contributed by atoms with van der Waals surface area (Å²) >= 11 is 0. The van der Waals surface area contributed by atoms with Gasteiger partial charge in [-0.1, -0.05) is 29.8 Å². The van der Waals surface area contributed by atoms with Crippen LogP contribution < -0.4 is 10.9 Å². The minimum absolute atomic E-state index is 0.115. The smallest absolute Gasteiger partial charge is 0.331 e. The van der Waals surface area contributed by atoms with E-state index in [0.717, 1.165) is 11.1 Å². The zero-order valence-electron chi connectivity index (χ0n) is 14.9. The Bertz CT molecular complexity index is 904. The number of rotatable bonds is 6. The number of hydrogen-bond acceptors (Lipinski definition) is 6. The molecular weight excluding hydrogens is 366 g/mol. The second-order valence-corrected chi connectivity index (χ2v) is 5.66.